The van der Waals surface area contributed by atoms with E-state index < -0.39 is 29.8 Å². The van der Waals surface area contributed by atoms with Gasteiger partial charge in [0.25, 0.3) is 5.91 Å². The van der Waals surface area contributed by atoms with Crippen LogP contribution in [0.3, 0.4) is 0 Å². The Balaban J connectivity index is 2.57. The number of amides is 1. The summed E-state index contributed by atoms with van der Waals surface area (Å²) in [6.07, 6.45) is 0.133. The molecule has 110 valence electrons. The number of aliphatic carboxylic acids is 1. The van der Waals surface area contributed by atoms with Gasteiger partial charge in [0.05, 0.1) is 0 Å². The Kier molecular flexibility index (Phi) is 5.96. The van der Waals surface area contributed by atoms with Crippen molar-refractivity contribution in [2.45, 2.75) is 38.8 Å². The van der Waals surface area contributed by atoms with Crippen molar-refractivity contribution in [3.05, 3.63) is 30.1 Å². The highest BCUT2D eigenvalue weighted by molar-refractivity contribution is 5.86. The first-order chi connectivity index (χ1) is 9.43. The van der Waals surface area contributed by atoms with Gasteiger partial charge in [-0.15, -0.1) is 0 Å². The maximum absolute atomic E-state index is 12.7. The fraction of sp³-hybridized carbons (Fsp3) is 0.429. The Bertz CT molecular complexity index is 461. The largest absolute Gasteiger partial charge is 0.481 e. The third-order valence-electron chi connectivity index (χ3n) is 2.69. The van der Waals surface area contributed by atoms with Crippen LogP contribution in [0.5, 0.6) is 5.75 Å². The molecule has 5 nitrogen and oxygen atoms in total. The van der Waals surface area contributed by atoms with Gasteiger partial charge in [0.1, 0.15) is 17.6 Å². The molecule has 20 heavy (non-hydrogen) atoms. The highest BCUT2D eigenvalue weighted by Gasteiger charge is 2.23. The molecule has 0 aliphatic carbocycles. The summed E-state index contributed by atoms with van der Waals surface area (Å²) in [4.78, 5) is 22.8. The number of rotatable bonds is 7. The summed E-state index contributed by atoms with van der Waals surface area (Å²) in [6.45, 7) is 3.34. The molecule has 2 atom stereocenters. The van der Waals surface area contributed by atoms with Crippen LogP contribution in [0.1, 0.15) is 26.7 Å². The van der Waals surface area contributed by atoms with Crippen LogP contribution in [-0.4, -0.2) is 29.1 Å². The van der Waals surface area contributed by atoms with E-state index in [2.05, 4.69) is 5.32 Å². The monoisotopic (exact) mass is 283 g/mol. The first kappa shape index (κ1) is 15.9. The zero-order valence-electron chi connectivity index (χ0n) is 11.4. The fourth-order valence-corrected chi connectivity index (χ4v) is 1.61. The van der Waals surface area contributed by atoms with Crippen LogP contribution in [0.2, 0.25) is 0 Å². The number of halogens is 1. The number of carbonyl (C=O) groups excluding carboxylic acids is 1. The molecule has 0 fully saturated rings. The molecular weight excluding hydrogens is 265 g/mol. The molecule has 6 heteroatoms. The molecule has 0 bridgehead atoms. The average molecular weight is 283 g/mol. The van der Waals surface area contributed by atoms with Gasteiger partial charge in [-0.25, -0.2) is 9.18 Å². The van der Waals surface area contributed by atoms with E-state index in [1.54, 1.807) is 0 Å². The fourth-order valence-electron chi connectivity index (χ4n) is 1.61. The van der Waals surface area contributed by atoms with E-state index in [4.69, 9.17) is 9.84 Å². The van der Waals surface area contributed by atoms with Crippen molar-refractivity contribution in [2.75, 3.05) is 0 Å². The van der Waals surface area contributed by atoms with Crippen LogP contribution in [0.15, 0.2) is 24.3 Å². The first-order valence-electron chi connectivity index (χ1n) is 6.39. The number of benzene rings is 1. The topological polar surface area (TPSA) is 75.6 Å². The number of carbonyl (C=O) groups is 2. The number of hydrogen-bond donors (Lipinski definition) is 2. The van der Waals surface area contributed by atoms with E-state index in [1.807, 2.05) is 6.92 Å². The highest BCUT2D eigenvalue weighted by Crippen LogP contribution is 2.13. The van der Waals surface area contributed by atoms with Gasteiger partial charge in [-0.05, 0) is 37.6 Å². The van der Waals surface area contributed by atoms with Gasteiger partial charge in [-0.2, -0.15) is 0 Å². The molecule has 0 heterocycles. The zero-order valence-corrected chi connectivity index (χ0v) is 11.4. The lowest BCUT2D eigenvalue weighted by Gasteiger charge is -2.18. The molecule has 2 unspecified atom stereocenters. The SMILES string of the molecule is CCCC(NC(=O)C(C)Oc1ccc(F)cc1)C(=O)O. The van der Waals surface area contributed by atoms with Crippen molar-refractivity contribution in [3.8, 4) is 5.75 Å². The van der Waals surface area contributed by atoms with Crippen LogP contribution < -0.4 is 10.1 Å². The predicted molar refractivity (Wildman–Crippen MR) is 71.0 cm³/mol. The van der Waals surface area contributed by atoms with Crippen LogP contribution in [0, 0.1) is 5.82 Å². The number of ether oxygens (including phenoxy) is 1. The summed E-state index contributed by atoms with van der Waals surface area (Å²) >= 11 is 0. The second-order valence-electron chi connectivity index (χ2n) is 4.40. The lowest BCUT2D eigenvalue weighted by molar-refractivity contribution is -0.143. The minimum absolute atomic E-state index is 0.344. The molecular formula is C14H18FNO4. The van der Waals surface area contributed by atoms with Crippen molar-refractivity contribution < 1.29 is 23.8 Å². The summed E-state index contributed by atoms with van der Waals surface area (Å²) < 4.78 is 18.0. The molecule has 0 saturated carbocycles. The standard InChI is InChI=1S/C14H18FNO4/c1-3-4-12(14(18)19)16-13(17)9(2)20-11-7-5-10(15)6-8-11/h5-9,12H,3-4H2,1-2H3,(H,16,17)(H,18,19). The summed E-state index contributed by atoms with van der Waals surface area (Å²) in [5.41, 5.74) is 0. The zero-order chi connectivity index (χ0) is 15.1. The quantitative estimate of drug-likeness (QED) is 0.802. The van der Waals surface area contributed by atoms with Gasteiger partial charge < -0.3 is 15.2 Å². The van der Waals surface area contributed by atoms with E-state index in [0.717, 1.165) is 0 Å². The smallest absolute Gasteiger partial charge is 0.326 e. The second kappa shape index (κ2) is 7.47. The third-order valence-corrected chi connectivity index (χ3v) is 2.69. The van der Waals surface area contributed by atoms with Crippen molar-refractivity contribution in [2.24, 2.45) is 0 Å². The molecule has 2 N–H and O–H groups in total. The molecule has 0 spiro atoms. The third kappa shape index (κ3) is 4.87. The molecule has 1 aromatic carbocycles. The van der Waals surface area contributed by atoms with E-state index in [1.165, 1.54) is 31.2 Å². The van der Waals surface area contributed by atoms with Gasteiger partial charge in [0.2, 0.25) is 0 Å². The molecule has 0 aromatic heterocycles. The van der Waals surface area contributed by atoms with Crippen LogP contribution in [-0.2, 0) is 9.59 Å². The maximum atomic E-state index is 12.7. The Morgan fingerprint density at radius 1 is 1.35 bits per heavy atom. The lowest BCUT2D eigenvalue weighted by atomic mass is 10.1. The molecule has 1 rings (SSSR count). The Hall–Kier alpha value is -2.11. The highest BCUT2D eigenvalue weighted by atomic mass is 19.1. The van der Waals surface area contributed by atoms with Gasteiger partial charge >= 0.3 is 5.97 Å². The van der Waals surface area contributed by atoms with E-state index in [9.17, 15) is 14.0 Å². The minimum Gasteiger partial charge on any atom is -0.481 e. The minimum atomic E-state index is -1.07. The second-order valence-corrected chi connectivity index (χ2v) is 4.40. The van der Waals surface area contributed by atoms with Crippen LogP contribution >= 0.6 is 0 Å². The predicted octanol–water partition coefficient (Wildman–Crippen LogP) is 1.96. The molecule has 1 amide bonds. The van der Waals surface area contributed by atoms with Gasteiger partial charge in [0, 0.05) is 0 Å². The Morgan fingerprint density at radius 3 is 2.45 bits per heavy atom. The Morgan fingerprint density at radius 2 is 1.95 bits per heavy atom. The molecule has 0 aliphatic rings. The number of hydrogen-bond acceptors (Lipinski definition) is 3. The van der Waals surface area contributed by atoms with E-state index in [0.29, 0.717) is 18.6 Å². The molecule has 0 radical (unpaired) electrons. The summed E-state index contributed by atoms with van der Waals surface area (Å²) in [7, 11) is 0. The van der Waals surface area contributed by atoms with Crippen LogP contribution in [0.4, 0.5) is 4.39 Å². The first-order valence-corrected chi connectivity index (χ1v) is 6.39. The average Bonchev–Trinajstić information content (AvgIpc) is 2.40. The van der Waals surface area contributed by atoms with Crippen molar-refractivity contribution in [1.82, 2.24) is 5.32 Å². The normalized spacial score (nSPS) is 13.3. The lowest BCUT2D eigenvalue weighted by Crippen LogP contribution is -2.46. The van der Waals surface area contributed by atoms with Crippen molar-refractivity contribution in [1.29, 1.82) is 0 Å². The van der Waals surface area contributed by atoms with Crippen LogP contribution in [0.25, 0.3) is 0 Å². The van der Waals surface area contributed by atoms with Crippen molar-refractivity contribution in [3.63, 3.8) is 0 Å². The van der Waals surface area contributed by atoms with E-state index >= 15 is 0 Å². The van der Waals surface area contributed by atoms with Gasteiger partial charge in [-0.1, -0.05) is 13.3 Å². The molecule has 0 saturated heterocycles. The van der Waals surface area contributed by atoms with Gasteiger partial charge in [-0.3, -0.25) is 4.79 Å². The number of carboxylic acids is 1. The molecule has 1 aromatic rings. The number of carboxylic acid groups (broad SMARTS) is 1. The summed E-state index contributed by atoms with van der Waals surface area (Å²) in [5.74, 6) is -1.65. The molecule has 0 aliphatic heterocycles. The Labute approximate surface area is 116 Å². The summed E-state index contributed by atoms with van der Waals surface area (Å²) in [6, 6.07) is 4.32. The van der Waals surface area contributed by atoms with Crippen molar-refractivity contribution >= 4 is 11.9 Å². The maximum Gasteiger partial charge on any atom is 0.326 e. The van der Waals surface area contributed by atoms with E-state index in [-0.39, 0.29) is 0 Å². The summed E-state index contributed by atoms with van der Waals surface area (Å²) in [5, 5.41) is 11.4. The van der Waals surface area contributed by atoms with Gasteiger partial charge in [0.15, 0.2) is 6.10 Å². The number of nitrogens with one attached hydrogen (secondary N) is 1.